The predicted octanol–water partition coefficient (Wildman–Crippen LogP) is 4.16. The molecule has 0 radical (unpaired) electrons. The molecule has 2 aromatic rings. The standard InChI is InChI=1S/C13H11BrF3NO/c1-2-18-12(8-3-4-19-13(8)14)11-9(16)5-7(15)6-10(11)17/h3-6,12,18H,2H2,1H3. The summed E-state index contributed by atoms with van der Waals surface area (Å²) in [4.78, 5) is 0. The van der Waals surface area contributed by atoms with E-state index in [1.165, 1.54) is 6.26 Å². The minimum absolute atomic E-state index is 0.231. The van der Waals surface area contributed by atoms with E-state index in [0.29, 0.717) is 28.9 Å². The van der Waals surface area contributed by atoms with Gasteiger partial charge in [0.1, 0.15) is 17.5 Å². The molecule has 0 amide bonds. The van der Waals surface area contributed by atoms with Crippen molar-refractivity contribution in [2.45, 2.75) is 13.0 Å². The van der Waals surface area contributed by atoms with Crippen LogP contribution in [0, 0.1) is 17.5 Å². The van der Waals surface area contributed by atoms with Gasteiger partial charge < -0.3 is 9.73 Å². The molecule has 0 saturated carbocycles. The van der Waals surface area contributed by atoms with Gasteiger partial charge in [0.2, 0.25) is 0 Å². The van der Waals surface area contributed by atoms with Gasteiger partial charge in [-0.25, -0.2) is 13.2 Å². The molecule has 0 saturated heterocycles. The number of nitrogens with one attached hydrogen (secondary N) is 1. The van der Waals surface area contributed by atoms with Crippen LogP contribution < -0.4 is 5.32 Å². The summed E-state index contributed by atoms with van der Waals surface area (Å²) in [6.45, 7) is 2.29. The summed E-state index contributed by atoms with van der Waals surface area (Å²) < 4.78 is 46.1. The molecule has 1 unspecified atom stereocenters. The third-order valence-corrected chi connectivity index (χ3v) is 3.34. The van der Waals surface area contributed by atoms with E-state index in [2.05, 4.69) is 21.2 Å². The molecule has 6 heteroatoms. The fraction of sp³-hybridized carbons (Fsp3) is 0.231. The van der Waals surface area contributed by atoms with Crippen molar-refractivity contribution in [1.29, 1.82) is 0 Å². The summed E-state index contributed by atoms with van der Waals surface area (Å²) in [7, 11) is 0. The van der Waals surface area contributed by atoms with Crippen LogP contribution in [0.15, 0.2) is 33.5 Å². The molecule has 2 nitrogen and oxygen atoms in total. The first-order chi connectivity index (χ1) is 9.04. The number of furan rings is 1. The Balaban J connectivity index is 2.54. The smallest absolute Gasteiger partial charge is 0.174 e. The van der Waals surface area contributed by atoms with Crippen LogP contribution in [0.5, 0.6) is 0 Å². The van der Waals surface area contributed by atoms with Crippen LogP contribution in [0.4, 0.5) is 13.2 Å². The van der Waals surface area contributed by atoms with Gasteiger partial charge in [-0.3, -0.25) is 0 Å². The highest BCUT2D eigenvalue weighted by molar-refractivity contribution is 9.10. The van der Waals surface area contributed by atoms with Crippen LogP contribution in [0.25, 0.3) is 0 Å². The zero-order chi connectivity index (χ0) is 14.0. The van der Waals surface area contributed by atoms with Crippen LogP contribution in [-0.4, -0.2) is 6.54 Å². The lowest BCUT2D eigenvalue weighted by Gasteiger charge is -2.19. The van der Waals surface area contributed by atoms with Gasteiger partial charge >= 0.3 is 0 Å². The van der Waals surface area contributed by atoms with Crippen LogP contribution in [0.1, 0.15) is 24.1 Å². The summed E-state index contributed by atoms with van der Waals surface area (Å²) in [6.07, 6.45) is 1.41. The van der Waals surface area contributed by atoms with Crippen molar-refractivity contribution >= 4 is 15.9 Å². The monoisotopic (exact) mass is 333 g/mol. The number of halogens is 4. The molecule has 0 aliphatic rings. The third kappa shape index (κ3) is 2.84. The second-order valence-electron chi connectivity index (χ2n) is 3.92. The maximum atomic E-state index is 13.8. The van der Waals surface area contributed by atoms with E-state index >= 15 is 0 Å². The fourth-order valence-corrected chi connectivity index (χ4v) is 2.38. The van der Waals surface area contributed by atoms with Gasteiger partial charge in [-0.2, -0.15) is 0 Å². The lowest BCUT2D eigenvalue weighted by atomic mass is 10.00. The maximum absolute atomic E-state index is 13.8. The van der Waals surface area contributed by atoms with Crippen LogP contribution in [0.3, 0.4) is 0 Å². The summed E-state index contributed by atoms with van der Waals surface area (Å²) in [5.41, 5.74) is 0.316. The first-order valence-electron chi connectivity index (χ1n) is 5.65. The van der Waals surface area contributed by atoms with Gasteiger partial charge in [0, 0.05) is 23.3 Å². The highest BCUT2D eigenvalue weighted by Crippen LogP contribution is 2.32. The minimum atomic E-state index is -0.944. The van der Waals surface area contributed by atoms with Gasteiger partial charge in [0.05, 0.1) is 12.3 Å². The van der Waals surface area contributed by atoms with E-state index in [9.17, 15) is 13.2 Å². The van der Waals surface area contributed by atoms with E-state index < -0.39 is 23.5 Å². The van der Waals surface area contributed by atoms with E-state index in [-0.39, 0.29) is 5.56 Å². The lowest BCUT2D eigenvalue weighted by molar-refractivity contribution is 0.483. The van der Waals surface area contributed by atoms with Gasteiger partial charge in [0.15, 0.2) is 4.67 Å². The van der Waals surface area contributed by atoms with Crippen LogP contribution in [-0.2, 0) is 0 Å². The Morgan fingerprint density at radius 1 is 1.26 bits per heavy atom. The summed E-state index contributed by atoms with van der Waals surface area (Å²) in [5.74, 6) is -2.81. The van der Waals surface area contributed by atoms with Gasteiger partial charge in [-0.1, -0.05) is 6.92 Å². The number of hydrogen-bond acceptors (Lipinski definition) is 2. The summed E-state index contributed by atoms with van der Waals surface area (Å²) >= 11 is 3.17. The molecule has 0 fully saturated rings. The number of rotatable bonds is 4. The zero-order valence-electron chi connectivity index (χ0n) is 10.0. The Kier molecular flexibility index (Phi) is 4.31. The first-order valence-corrected chi connectivity index (χ1v) is 6.44. The largest absolute Gasteiger partial charge is 0.457 e. The predicted molar refractivity (Wildman–Crippen MR) is 68.2 cm³/mol. The average molecular weight is 334 g/mol. The molecular formula is C13H11BrF3NO. The Bertz CT molecular complexity index is 562. The number of benzene rings is 1. The summed E-state index contributed by atoms with van der Waals surface area (Å²) in [5, 5.41) is 2.95. The summed E-state index contributed by atoms with van der Waals surface area (Å²) in [6, 6.07) is 2.17. The Morgan fingerprint density at radius 2 is 1.89 bits per heavy atom. The molecule has 0 aliphatic heterocycles. The minimum Gasteiger partial charge on any atom is -0.457 e. The molecule has 1 aromatic heterocycles. The van der Waals surface area contributed by atoms with Crippen molar-refractivity contribution in [2.75, 3.05) is 6.54 Å². The Morgan fingerprint density at radius 3 is 2.37 bits per heavy atom. The van der Waals surface area contributed by atoms with Crippen molar-refractivity contribution in [1.82, 2.24) is 5.32 Å². The molecule has 1 atom stereocenters. The van der Waals surface area contributed by atoms with Crippen molar-refractivity contribution in [2.24, 2.45) is 0 Å². The van der Waals surface area contributed by atoms with Crippen molar-refractivity contribution in [3.63, 3.8) is 0 Å². The molecule has 102 valence electrons. The highest BCUT2D eigenvalue weighted by Gasteiger charge is 2.25. The first kappa shape index (κ1) is 14.1. The normalized spacial score (nSPS) is 12.7. The third-order valence-electron chi connectivity index (χ3n) is 2.70. The van der Waals surface area contributed by atoms with Crippen LogP contribution in [0.2, 0.25) is 0 Å². The van der Waals surface area contributed by atoms with Gasteiger partial charge in [-0.15, -0.1) is 0 Å². The quantitative estimate of drug-likeness (QED) is 0.908. The molecule has 1 N–H and O–H groups in total. The molecule has 0 spiro atoms. The van der Waals surface area contributed by atoms with Crippen molar-refractivity contribution < 1.29 is 17.6 Å². The van der Waals surface area contributed by atoms with E-state index in [1.807, 2.05) is 0 Å². The molecule has 0 bridgehead atoms. The molecular weight excluding hydrogens is 323 g/mol. The average Bonchev–Trinajstić information content (AvgIpc) is 2.73. The number of hydrogen-bond donors (Lipinski definition) is 1. The second-order valence-corrected chi connectivity index (χ2v) is 4.64. The molecule has 19 heavy (non-hydrogen) atoms. The second kappa shape index (κ2) is 5.79. The molecule has 1 aromatic carbocycles. The van der Waals surface area contributed by atoms with Crippen LogP contribution >= 0.6 is 15.9 Å². The van der Waals surface area contributed by atoms with E-state index in [1.54, 1.807) is 13.0 Å². The van der Waals surface area contributed by atoms with Gasteiger partial charge in [0.25, 0.3) is 0 Å². The molecule has 1 heterocycles. The van der Waals surface area contributed by atoms with Gasteiger partial charge in [-0.05, 0) is 28.5 Å². The van der Waals surface area contributed by atoms with Crippen molar-refractivity contribution in [3.05, 3.63) is 57.7 Å². The zero-order valence-corrected chi connectivity index (χ0v) is 11.6. The fourth-order valence-electron chi connectivity index (χ4n) is 1.91. The maximum Gasteiger partial charge on any atom is 0.174 e. The highest BCUT2D eigenvalue weighted by atomic mass is 79.9. The van der Waals surface area contributed by atoms with Crippen molar-refractivity contribution in [3.8, 4) is 0 Å². The topological polar surface area (TPSA) is 25.2 Å². The Labute approximate surface area is 116 Å². The van der Waals surface area contributed by atoms with E-state index in [0.717, 1.165) is 0 Å². The SMILES string of the molecule is CCNC(c1ccoc1Br)c1c(F)cc(F)cc1F. The Hall–Kier alpha value is -1.27. The lowest BCUT2D eigenvalue weighted by Crippen LogP contribution is -2.24. The molecule has 2 rings (SSSR count). The van der Waals surface area contributed by atoms with E-state index in [4.69, 9.17) is 4.42 Å². The molecule has 0 aliphatic carbocycles.